The van der Waals surface area contributed by atoms with E-state index in [1.54, 1.807) is 0 Å². The Labute approximate surface area is 106 Å². The summed E-state index contributed by atoms with van der Waals surface area (Å²) < 4.78 is 0. The topological polar surface area (TPSA) is 18.5 Å². The van der Waals surface area contributed by atoms with Gasteiger partial charge in [0.05, 0.1) is 0 Å². The van der Waals surface area contributed by atoms with Gasteiger partial charge in [0.2, 0.25) is 0 Å². The van der Waals surface area contributed by atoms with Crippen molar-refractivity contribution in [3.05, 3.63) is 0 Å². The minimum Gasteiger partial charge on any atom is -0.313 e. The molecule has 0 bridgehead atoms. The monoisotopic (exact) mass is 237 g/mol. The van der Waals surface area contributed by atoms with Gasteiger partial charge in [0.25, 0.3) is 0 Å². The third-order valence-corrected chi connectivity index (χ3v) is 4.80. The molecule has 0 aromatic heterocycles. The van der Waals surface area contributed by atoms with E-state index < -0.39 is 0 Å². The van der Waals surface area contributed by atoms with Crippen LogP contribution in [0.25, 0.3) is 0 Å². The van der Waals surface area contributed by atoms with Crippen molar-refractivity contribution in [2.45, 2.75) is 50.6 Å². The highest BCUT2D eigenvalue weighted by Gasteiger charge is 2.30. The molecule has 3 rings (SSSR count). The molecule has 17 heavy (non-hydrogen) atoms. The minimum absolute atomic E-state index is 0.779. The van der Waals surface area contributed by atoms with Crippen LogP contribution in [0.4, 0.5) is 0 Å². The van der Waals surface area contributed by atoms with Gasteiger partial charge in [-0.05, 0) is 58.3 Å². The van der Waals surface area contributed by atoms with Gasteiger partial charge in [0.15, 0.2) is 0 Å². The van der Waals surface area contributed by atoms with Crippen LogP contribution in [-0.2, 0) is 0 Å². The van der Waals surface area contributed by atoms with Crippen LogP contribution in [0.1, 0.15) is 38.5 Å². The number of hydrogen-bond donors (Lipinski definition) is 1. The second-order valence-corrected chi connectivity index (χ2v) is 6.09. The summed E-state index contributed by atoms with van der Waals surface area (Å²) in [5, 5.41) is 3.68. The Hall–Kier alpha value is -0.120. The molecule has 0 spiro atoms. The van der Waals surface area contributed by atoms with E-state index in [1.165, 1.54) is 77.8 Å². The van der Waals surface area contributed by atoms with Gasteiger partial charge in [-0.25, -0.2) is 0 Å². The van der Waals surface area contributed by atoms with Crippen LogP contribution >= 0.6 is 0 Å². The molecule has 1 N–H and O–H groups in total. The summed E-state index contributed by atoms with van der Waals surface area (Å²) in [6, 6.07) is 1.65. The van der Waals surface area contributed by atoms with Crippen LogP contribution in [0.2, 0.25) is 0 Å². The molecule has 0 aromatic rings. The highest BCUT2D eigenvalue weighted by atomic mass is 15.3. The lowest BCUT2D eigenvalue weighted by molar-refractivity contribution is 0.216. The molecule has 3 aliphatic heterocycles. The molecule has 2 unspecified atom stereocenters. The van der Waals surface area contributed by atoms with Crippen molar-refractivity contribution in [3.8, 4) is 0 Å². The zero-order valence-corrected chi connectivity index (χ0v) is 11.0. The van der Waals surface area contributed by atoms with E-state index in [0.29, 0.717) is 0 Å². The zero-order chi connectivity index (χ0) is 11.5. The maximum Gasteiger partial charge on any atom is 0.0235 e. The summed E-state index contributed by atoms with van der Waals surface area (Å²) in [6.45, 7) is 7.93. The molecule has 3 nitrogen and oxygen atoms in total. The Balaban J connectivity index is 1.43. The Kier molecular flexibility index (Phi) is 3.99. The molecule has 3 heterocycles. The number of piperidine rings is 1. The number of hydrogen-bond acceptors (Lipinski definition) is 3. The van der Waals surface area contributed by atoms with Gasteiger partial charge >= 0.3 is 0 Å². The molecule has 0 aromatic carbocycles. The molecule has 2 atom stereocenters. The number of nitrogens with zero attached hydrogens (tertiary/aromatic N) is 2. The molecule has 0 saturated carbocycles. The van der Waals surface area contributed by atoms with Gasteiger partial charge in [-0.3, -0.25) is 4.90 Å². The molecule has 0 amide bonds. The summed E-state index contributed by atoms with van der Waals surface area (Å²) in [5.41, 5.74) is 0. The third-order valence-electron chi connectivity index (χ3n) is 4.80. The van der Waals surface area contributed by atoms with Crippen LogP contribution in [-0.4, -0.2) is 61.2 Å². The van der Waals surface area contributed by atoms with E-state index in [9.17, 15) is 0 Å². The molecule has 3 saturated heterocycles. The second kappa shape index (κ2) is 5.68. The Morgan fingerprint density at radius 3 is 2.59 bits per heavy atom. The standard InChI is InChI=1S/C14H27N3/c1-2-7-15-13(5-1)11-16-10-6-14(12-16)17-8-3-4-9-17/h13-15H,1-12H2. The summed E-state index contributed by atoms with van der Waals surface area (Å²) >= 11 is 0. The van der Waals surface area contributed by atoms with Crippen molar-refractivity contribution >= 4 is 0 Å². The van der Waals surface area contributed by atoms with Crippen molar-refractivity contribution in [3.63, 3.8) is 0 Å². The predicted octanol–water partition coefficient (Wildman–Crippen LogP) is 1.30. The molecule has 0 radical (unpaired) electrons. The Morgan fingerprint density at radius 2 is 1.82 bits per heavy atom. The zero-order valence-electron chi connectivity index (χ0n) is 11.0. The number of likely N-dealkylation sites (tertiary alicyclic amines) is 2. The Morgan fingerprint density at radius 1 is 0.941 bits per heavy atom. The maximum atomic E-state index is 3.68. The Bertz CT molecular complexity index is 232. The van der Waals surface area contributed by atoms with Crippen LogP contribution in [0.15, 0.2) is 0 Å². The molecular formula is C14H27N3. The highest BCUT2D eigenvalue weighted by molar-refractivity contribution is 4.87. The fraction of sp³-hybridized carbons (Fsp3) is 1.00. The predicted molar refractivity (Wildman–Crippen MR) is 71.3 cm³/mol. The molecular weight excluding hydrogens is 210 g/mol. The minimum atomic E-state index is 0.779. The van der Waals surface area contributed by atoms with E-state index >= 15 is 0 Å². The van der Waals surface area contributed by atoms with Gasteiger partial charge in [-0.2, -0.15) is 0 Å². The fourth-order valence-electron chi connectivity index (χ4n) is 3.77. The van der Waals surface area contributed by atoms with Crippen LogP contribution in [0.3, 0.4) is 0 Å². The quantitative estimate of drug-likeness (QED) is 0.798. The maximum absolute atomic E-state index is 3.68. The van der Waals surface area contributed by atoms with Crippen LogP contribution in [0, 0.1) is 0 Å². The lowest BCUT2D eigenvalue weighted by atomic mass is 10.0. The second-order valence-electron chi connectivity index (χ2n) is 6.09. The average molecular weight is 237 g/mol. The highest BCUT2D eigenvalue weighted by Crippen LogP contribution is 2.21. The van der Waals surface area contributed by atoms with Crippen LogP contribution < -0.4 is 5.32 Å². The van der Waals surface area contributed by atoms with Gasteiger partial charge in [0.1, 0.15) is 0 Å². The summed E-state index contributed by atoms with van der Waals surface area (Å²) in [7, 11) is 0. The summed E-state index contributed by atoms with van der Waals surface area (Å²) in [4.78, 5) is 5.43. The van der Waals surface area contributed by atoms with E-state index in [1.807, 2.05) is 0 Å². The average Bonchev–Trinajstić information content (AvgIpc) is 3.00. The third kappa shape index (κ3) is 3.01. The molecule has 3 aliphatic rings. The summed E-state index contributed by atoms with van der Waals surface area (Å²) in [6.07, 6.45) is 8.48. The van der Waals surface area contributed by atoms with Crippen molar-refractivity contribution < 1.29 is 0 Å². The first-order chi connectivity index (χ1) is 8.42. The van der Waals surface area contributed by atoms with Crippen molar-refractivity contribution in [1.29, 1.82) is 0 Å². The molecule has 98 valence electrons. The largest absolute Gasteiger partial charge is 0.313 e. The van der Waals surface area contributed by atoms with Crippen molar-refractivity contribution in [2.75, 3.05) is 39.3 Å². The number of rotatable bonds is 3. The van der Waals surface area contributed by atoms with E-state index in [-0.39, 0.29) is 0 Å². The van der Waals surface area contributed by atoms with Gasteiger partial charge in [-0.1, -0.05) is 6.42 Å². The normalized spacial score (nSPS) is 36.7. The van der Waals surface area contributed by atoms with Crippen molar-refractivity contribution in [2.24, 2.45) is 0 Å². The smallest absolute Gasteiger partial charge is 0.0235 e. The van der Waals surface area contributed by atoms with Crippen molar-refractivity contribution in [1.82, 2.24) is 15.1 Å². The molecule has 0 aliphatic carbocycles. The first-order valence-corrected chi connectivity index (χ1v) is 7.61. The van der Waals surface area contributed by atoms with Crippen LogP contribution in [0.5, 0.6) is 0 Å². The number of nitrogens with one attached hydrogen (secondary N) is 1. The lowest BCUT2D eigenvalue weighted by Crippen LogP contribution is -2.44. The van der Waals surface area contributed by atoms with Gasteiger partial charge < -0.3 is 10.2 Å². The fourth-order valence-corrected chi connectivity index (χ4v) is 3.77. The molecule has 3 fully saturated rings. The van der Waals surface area contributed by atoms with Gasteiger partial charge in [-0.15, -0.1) is 0 Å². The van der Waals surface area contributed by atoms with E-state index in [0.717, 1.165) is 12.1 Å². The SMILES string of the molecule is C1CCC(CN2CCC(N3CCCC3)C2)NC1. The van der Waals surface area contributed by atoms with E-state index in [4.69, 9.17) is 0 Å². The first kappa shape index (κ1) is 11.9. The summed E-state index contributed by atoms with van der Waals surface area (Å²) in [5.74, 6) is 0. The van der Waals surface area contributed by atoms with Gasteiger partial charge in [0, 0.05) is 25.2 Å². The van der Waals surface area contributed by atoms with E-state index in [2.05, 4.69) is 15.1 Å². The lowest BCUT2D eigenvalue weighted by Gasteiger charge is -2.29. The first-order valence-electron chi connectivity index (χ1n) is 7.61. The molecule has 3 heteroatoms.